The predicted molar refractivity (Wildman–Crippen MR) is 85.7 cm³/mol. The lowest BCUT2D eigenvalue weighted by atomic mass is 9.98. The van der Waals surface area contributed by atoms with E-state index in [9.17, 15) is 4.79 Å². The summed E-state index contributed by atoms with van der Waals surface area (Å²) in [5, 5.41) is 0. The molecule has 2 aromatic rings. The quantitative estimate of drug-likeness (QED) is 0.869. The fraction of sp³-hybridized carbons (Fsp3) is 0.278. The number of hydrogen-bond acceptors (Lipinski definition) is 3. The first-order valence-electron chi connectivity index (χ1n) is 7.32. The van der Waals surface area contributed by atoms with Crippen molar-refractivity contribution in [3.8, 4) is 11.5 Å². The monoisotopic (exact) mass is 297 g/mol. The van der Waals surface area contributed by atoms with Gasteiger partial charge in [0.25, 0.3) is 0 Å². The second-order valence-electron chi connectivity index (χ2n) is 5.31. The van der Waals surface area contributed by atoms with Gasteiger partial charge in [-0.05, 0) is 12.0 Å². The zero-order valence-electron chi connectivity index (χ0n) is 12.8. The molecule has 1 atom stereocenters. The maximum atomic E-state index is 12.7. The van der Waals surface area contributed by atoms with E-state index in [1.165, 1.54) is 0 Å². The van der Waals surface area contributed by atoms with Crippen LogP contribution in [0.4, 0.5) is 5.69 Å². The smallest absolute Gasteiger partial charge is 0.234 e. The maximum absolute atomic E-state index is 12.7. The molecule has 1 unspecified atom stereocenters. The molecule has 4 nitrogen and oxygen atoms in total. The predicted octanol–water partition coefficient (Wildman–Crippen LogP) is 3.22. The first-order chi connectivity index (χ1) is 10.7. The highest BCUT2D eigenvalue weighted by molar-refractivity contribution is 6.00. The van der Waals surface area contributed by atoms with Crippen LogP contribution in [0.15, 0.2) is 48.5 Å². The van der Waals surface area contributed by atoms with Crippen molar-refractivity contribution in [1.29, 1.82) is 0 Å². The number of benzene rings is 2. The van der Waals surface area contributed by atoms with Crippen LogP contribution in [0.2, 0.25) is 0 Å². The number of carbonyl (C=O) groups excluding carboxylic acids is 1. The lowest BCUT2D eigenvalue weighted by molar-refractivity contribution is -0.118. The fourth-order valence-electron chi connectivity index (χ4n) is 2.88. The molecule has 1 amide bonds. The van der Waals surface area contributed by atoms with Gasteiger partial charge in [-0.3, -0.25) is 4.79 Å². The average molecular weight is 297 g/mol. The summed E-state index contributed by atoms with van der Waals surface area (Å²) < 4.78 is 10.6. The molecule has 1 heterocycles. The molecule has 3 rings (SSSR count). The van der Waals surface area contributed by atoms with Crippen LogP contribution in [0.1, 0.15) is 17.9 Å². The first kappa shape index (κ1) is 14.4. The molecule has 22 heavy (non-hydrogen) atoms. The molecule has 0 spiro atoms. The normalized spacial score (nSPS) is 17.6. The van der Waals surface area contributed by atoms with Gasteiger partial charge in [-0.2, -0.15) is 0 Å². The minimum absolute atomic E-state index is 0.0709. The SMILES string of the molecule is COc1cc(OC)cc(N2CCC(c3ccccc3)C2=O)c1. The number of hydrogen-bond donors (Lipinski definition) is 0. The summed E-state index contributed by atoms with van der Waals surface area (Å²) in [6, 6.07) is 15.5. The Morgan fingerprint density at radius 3 is 2.23 bits per heavy atom. The second-order valence-corrected chi connectivity index (χ2v) is 5.31. The van der Waals surface area contributed by atoms with Crippen LogP contribution in [0.5, 0.6) is 11.5 Å². The molecule has 0 bridgehead atoms. The van der Waals surface area contributed by atoms with Crippen molar-refractivity contribution < 1.29 is 14.3 Å². The summed E-state index contributed by atoms with van der Waals surface area (Å²) in [6.45, 7) is 0.703. The Hall–Kier alpha value is -2.49. The highest BCUT2D eigenvalue weighted by Gasteiger charge is 2.33. The first-order valence-corrected chi connectivity index (χ1v) is 7.32. The van der Waals surface area contributed by atoms with Crippen molar-refractivity contribution in [3.63, 3.8) is 0 Å². The third-order valence-corrected chi connectivity index (χ3v) is 4.06. The summed E-state index contributed by atoms with van der Waals surface area (Å²) in [5.41, 5.74) is 1.89. The Morgan fingerprint density at radius 2 is 1.64 bits per heavy atom. The van der Waals surface area contributed by atoms with E-state index < -0.39 is 0 Å². The Balaban J connectivity index is 1.89. The molecule has 0 radical (unpaired) electrons. The largest absolute Gasteiger partial charge is 0.497 e. The van der Waals surface area contributed by atoms with Crippen LogP contribution in [0, 0.1) is 0 Å². The van der Waals surface area contributed by atoms with Crippen LogP contribution in [0.3, 0.4) is 0 Å². The molecule has 0 N–H and O–H groups in total. The van der Waals surface area contributed by atoms with Gasteiger partial charge < -0.3 is 14.4 Å². The van der Waals surface area contributed by atoms with Crippen molar-refractivity contribution in [1.82, 2.24) is 0 Å². The number of ether oxygens (including phenoxy) is 2. The summed E-state index contributed by atoms with van der Waals surface area (Å²) in [7, 11) is 3.22. The Labute approximate surface area is 130 Å². The van der Waals surface area contributed by atoms with Crippen LogP contribution in [-0.4, -0.2) is 26.7 Å². The van der Waals surface area contributed by atoms with Crippen LogP contribution >= 0.6 is 0 Å². The Kier molecular flexibility index (Phi) is 4.00. The third-order valence-electron chi connectivity index (χ3n) is 4.06. The summed E-state index contributed by atoms with van der Waals surface area (Å²) in [6.07, 6.45) is 0.822. The summed E-state index contributed by atoms with van der Waals surface area (Å²) in [5.74, 6) is 1.43. The highest BCUT2D eigenvalue weighted by atomic mass is 16.5. The number of amides is 1. The van der Waals surface area contributed by atoms with Gasteiger partial charge in [-0.15, -0.1) is 0 Å². The molecule has 0 aliphatic carbocycles. The molecule has 1 aliphatic heterocycles. The van der Waals surface area contributed by atoms with E-state index >= 15 is 0 Å². The number of anilines is 1. The van der Waals surface area contributed by atoms with Crippen LogP contribution in [-0.2, 0) is 4.79 Å². The lowest BCUT2D eigenvalue weighted by Crippen LogP contribution is -2.26. The van der Waals surface area contributed by atoms with Crippen molar-refractivity contribution >= 4 is 11.6 Å². The van der Waals surface area contributed by atoms with Gasteiger partial charge in [0.1, 0.15) is 11.5 Å². The van der Waals surface area contributed by atoms with E-state index in [1.807, 2.05) is 47.4 Å². The molecule has 1 aliphatic rings. The van der Waals surface area contributed by atoms with E-state index in [-0.39, 0.29) is 11.8 Å². The van der Waals surface area contributed by atoms with Crippen molar-refractivity contribution in [2.45, 2.75) is 12.3 Å². The third kappa shape index (κ3) is 2.64. The zero-order valence-corrected chi connectivity index (χ0v) is 12.8. The van der Waals surface area contributed by atoms with Crippen molar-refractivity contribution in [2.75, 3.05) is 25.7 Å². The number of nitrogens with zero attached hydrogens (tertiary/aromatic N) is 1. The molecule has 2 aromatic carbocycles. The molecule has 114 valence electrons. The van der Waals surface area contributed by atoms with Crippen molar-refractivity contribution in [3.05, 3.63) is 54.1 Å². The molecule has 1 saturated heterocycles. The number of methoxy groups -OCH3 is 2. The second kappa shape index (κ2) is 6.10. The van der Waals surface area contributed by atoms with Gasteiger partial charge in [0, 0.05) is 24.7 Å². The minimum atomic E-state index is -0.0709. The van der Waals surface area contributed by atoms with E-state index in [0.29, 0.717) is 18.0 Å². The summed E-state index contributed by atoms with van der Waals surface area (Å²) in [4.78, 5) is 14.6. The van der Waals surface area contributed by atoms with Crippen LogP contribution < -0.4 is 14.4 Å². The summed E-state index contributed by atoms with van der Waals surface area (Å²) >= 11 is 0. The molecule has 0 aromatic heterocycles. The van der Waals surface area contributed by atoms with Gasteiger partial charge >= 0.3 is 0 Å². The van der Waals surface area contributed by atoms with Gasteiger partial charge in [0.05, 0.1) is 25.8 Å². The van der Waals surface area contributed by atoms with Crippen molar-refractivity contribution in [2.24, 2.45) is 0 Å². The zero-order chi connectivity index (χ0) is 15.5. The van der Waals surface area contributed by atoms with Gasteiger partial charge in [-0.1, -0.05) is 30.3 Å². The Bertz CT molecular complexity index is 647. The minimum Gasteiger partial charge on any atom is -0.497 e. The maximum Gasteiger partial charge on any atom is 0.234 e. The number of rotatable bonds is 4. The topological polar surface area (TPSA) is 38.8 Å². The van der Waals surface area contributed by atoms with Crippen LogP contribution in [0.25, 0.3) is 0 Å². The average Bonchev–Trinajstić information content (AvgIpc) is 2.96. The van der Waals surface area contributed by atoms with E-state index in [4.69, 9.17) is 9.47 Å². The highest BCUT2D eigenvalue weighted by Crippen LogP contribution is 2.35. The van der Waals surface area contributed by atoms with Gasteiger partial charge in [0.2, 0.25) is 5.91 Å². The molecular formula is C18H19NO3. The molecular weight excluding hydrogens is 278 g/mol. The number of carbonyl (C=O) groups is 1. The van der Waals surface area contributed by atoms with E-state index in [2.05, 4.69) is 0 Å². The fourth-order valence-corrected chi connectivity index (χ4v) is 2.88. The van der Waals surface area contributed by atoms with E-state index in [0.717, 1.165) is 17.7 Å². The standard InChI is InChI=1S/C18H19NO3/c1-21-15-10-14(11-16(12-15)22-2)19-9-8-17(18(19)20)13-6-4-3-5-7-13/h3-7,10-12,17H,8-9H2,1-2H3. The van der Waals surface area contributed by atoms with Gasteiger partial charge in [-0.25, -0.2) is 0 Å². The molecule has 1 fully saturated rings. The lowest BCUT2D eigenvalue weighted by Gasteiger charge is -2.19. The van der Waals surface area contributed by atoms with E-state index in [1.54, 1.807) is 20.3 Å². The molecule has 0 saturated carbocycles. The molecule has 4 heteroatoms. The Morgan fingerprint density at radius 1 is 1.00 bits per heavy atom. The van der Waals surface area contributed by atoms with Gasteiger partial charge in [0.15, 0.2) is 0 Å².